The molecule has 5 N–H and O–H groups in total. The van der Waals surface area contributed by atoms with Crippen LogP contribution in [0.4, 0.5) is 0 Å². The molecule has 0 unspecified atom stereocenters. The first kappa shape index (κ1) is 31.4. The van der Waals surface area contributed by atoms with Gasteiger partial charge >= 0.3 is 0 Å². The van der Waals surface area contributed by atoms with Gasteiger partial charge in [0.2, 0.25) is 29.5 Å². The topological polar surface area (TPSA) is 175 Å². The van der Waals surface area contributed by atoms with Crippen molar-refractivity contribution in [2.45, 2.75) is 64.6 Å². The molecule has 1 aromatic carbocycles. The first-order valence-corrected chi connectivity index (χ1v) is 13.9. The standard InChI is InChI=1S/C28H40N6O7/c1-17(2)23-26(39)30-12-15-41-20-9-6-5-8-18(20)24(37)31-19(16-21(35)33-28(3,4)27(40)32-23)25(38)29-11-14-34-13-7-10-22(34)36/h5-6,8-9,17,19,23H,7,10-16H2,1-4H3,(H,29,38)(H,30,39)(H,31,37)(H,32,40)(H,33,35)/t19-,23+/m0/s1. The monoisotopic (exact) mass is 572 g/mol. The third-order valence-corrected chi connectivity index (χ3v) is 6.91. The van der Waals surface area contributed by atoms with Crippen molar-refractivity contribution < 1.29 is 33.5 Å². The molecule has 2 atom stereocenters. The fourth-order valence-electron chi connectivity index (χ4n) is 4.55. The van der Waals surface area contributed by atoms with Crippen LogP contribution in [0.15, 0.2) is 24.3 Å². The molecule has 2 heterocycles. The van der Waals surface area contributed by atoms with Crippen molar-refractivity contribution in [1.82, 2.24) is 31.5 Å². The molecule has 13 nitrogen and oxygen atoms in total. The highest BCUT2D eigenvalue weighted by Gasteiger charge is 2.35. The van der Waals surface area contributed by atoms with Crippen LogP contribution in [0.25, 0.3) is 0 Å². The second-order valence-corrected chi connectivity index (χ2v) is 11.0. The van der Waals surface area contributed by atoms with Crippen molar-refractivity contribution in [3.63, 3.8) is 0 Å². The number of ether oxygens (including phenoxy) is 1. The quantitative estimate of drug-likeness (QED) is 0.315. The van der Waals surface area contributed by atoms with Crippen molar-refractivity contribution in [3.8, 4) is 5.75 Å². The molecule has 0 saturated carbocycles. The molecule has 3 rings (SSSR count). The summed E-state index contributed by atoms with van der Waals surface area (Å²) in [5, 5.41) is 13.3. The first-order valence-electron chi connectivity index (χ1n) is 13.9. The van der Waals surface area contributed by atoms with E-state index in [1.165, 1.54) is 19.9 Å². The number of benzene rings is 1. The van der Waals surface area contributed by atoms with Crippen LogP contribution in [0.3, 0.4) is 0 Å². The van der Waals surface area contributed by atoms with Gasteiger partial charge in [0.1, 0.15) is 30.0 Å². The zero-order chi connectivity index (χ0) is 30.2. The Balaban J connectivity index is 1.84. The number of para-hydroxylation sites is 1. The second-order valence-electron chi connectivity index (χ2n) is 11.0. The molecule has 6 amide bonds. The number of carbonyl (C=O) groups excluding carboxylic acids is 6. The van der Waals surface area contributed by atoms with Crippen LogP contribution in [0.5, 0.6) is 5.75 Å². The van der Waals surface area contributed by atoms with E-state index in [9.17, 15) is 28.8 Å². The number of likely N-dealkylation sites (tertiary alicyclic amines) is 1. The van der Waals surface area contributed by atoms with Crippen LogP contribution in [0, 0.1) is 5.92 Å². The normalized spacial score (nSPS) is 22.5. The smallest absolute Gasteiger partial charge is 0.255 e. The Morgan fingerprint density at radius 2 is 1.85 bits per heavy atom. The van der Waals surface area contributed by atoms with E-state index in [-0.39, 0.29) is 42.8 Å². The zero-order valence-corrected chi connectivity index (χ0v) is 24.0. The minimum atomic E-state index is -1.44. The molecule has 0 bridgehead atoms. The van der Waals surface area contributed by atoms with Crippen molar-refractivity contribution in [1.29, 1.82) is 0 Å². The summed E-state index contributed by atoms with van der Waals surface area (Å²) in [6.07, 6.45) is 0.770. The Labute approximate surface area is 239 Å². The average Bonchev–Trinajstić information content (AvgIpc) is 3.32. The van der Waals surface area contributed by atoms with Crippen LogP contribution in [-0.2, 0) is 24.0 Å². The van der Waals surface area contributed by atoms with E-state index in [0.29, 0.717) is 19.5 Å². The van der Waals surface area contributed by atoms with Crippen LogP contribution in [0.2, 0.25) is 0 Å². The Morgan fingerprint density at radius 3 is 2.54 bits per heavy atom. The van der Waals surface area contributed by atoms with Gasteiger partial charge in [0, 0.05) is 26.1 Å². The molecule has 0 aliphatic carbocycles. The van der Waals surface area contributed by atoms with Gasteiger partial charge in [-0.15, -0.1) is 0 Å². The Hall–Kier alpha value is -4.16. The van der Waals surface area contributed by atoms with E-state index in [0.717, 1.165) is 6.42 Å². The Bertz CT molecular complexity index is 1170. The number of hydrogen-bond donors (Lipinski definition) is 5. The van der Waals surface area contributed by atoms with E-state index in [2.05, 4.69) is 26.6 Å². The average molecular weight is 573 g/mol. The lowest BCUT2D eigenvalue weighted by atomic mass is 9.99. The lowest BCUT2D eigenvalue weighted by Crippen LogP contribution is -2.61. The van der Waals surface area contributed by atoms with Gasteiger partial charge in [-0.1, -0.05) is 26.0 Å². The van der Waals surface area contributed by atoms with E-state index in [4.69, 9.17) is 4.74 Å². The molecule has 41 heavy (non-hydrogen) atoms. The van der Waals surface area contributed by atoms with Gasteiger partial charge < -0.3 is 36.2 Å². The fraction of sp³-hybridized carbons (Fsp3) is 0.571. The molecular formula is C28H40N6O7. The number of rotatable bonds is 5. The van der Waals surface area contributed by atoms with Gasteiger partial charge in [-0.05, 0) is 38.3 Å². The van der Waals surface area contributed by atoms with Gasteiger partial charge in [-0.25, -0.2) is 0 Å². The molecule has 224 valence electrons. The van der Waals surface area contributed by atoms with Gasteiger partial charge in [-0.2, -0.15) is 0 Å². The largest absolute Gasteiger partial charge is 0.491 e. The minimum Gasteiger partial charge on any atom is -0.491 e. The Kier molecular flexibility index (Phi) is 10.7. The van der Waals surface area contributed by atoms with Crippen LogP contribution in [0.1, 0.15) is 57.3 Å². The third-order valence-electron chi connectivity index (χ3n) is 6.91. The SMILES string of the molecule is CC(C)[C@H]1NC(=O)C(C)(C)NC(=O)C[C@@H](C(=O)NCCN2CCCC2=O)NC(=O)c2ccccc2OCCNC1=O. The van der Waals surface area contributed by atoms with Gasteiger partial charge in [0.15, 0.2) is 0 Å². The molecule has 2 aliphatic rings. The van der Waals surface area contributed by atoms with Crippen molar-refractivity contribution in [2.24, 2.45) is 5.92 Å². The molecule has 2 aliphatic heterocycles. The van der Waals surface area contributed by atoms with Crippen molar-refractivity contribution in [2.75, 3.05) is 32.8 Å². The molecule has 1 saturated heterocycles. The predicted octanol–water partition coefficient (Wildman–Crippen LogP) is -0.542. The second kappa shape index (κ2) is 14.0. The summed E-state index contributed by atoms with van der Waals surface area (Å²) in [6, 6.07) is 4.26. The summed E-state index contributed by atoms with van der Waals surface area (Å²) in [5.41, 5.74) is -1.30. The minimum absolute atomic E-state index is 0.0150. The maximum atomic E-state index is 13.3. The van der Waals surface area contributed by atoms with E-state index in [1.807, 2.05) is 0 Å². The van der Waals surface area contributed by atoms with Gasteiger partial charge in [-0.3, -0.25) is 28.8 Å². The van der Waals surface area contributed by atoms with E-state index < -0.39 is 53.6 Å². The summed E-state index contributed by atoms with van der Waals surface area (Å²) >= 11 is 0. The lowest BCUT2D eigenvalue weighted by Gasteiger charge is -2.30. The highest BCUT2D eigenvalue weighted by molar-refractivity contribution is 6.01. The number of fused-ring (bicyclic) bond motifs is 1. The number of nitrogens with zero attached hydrogens (tertiary/aromatic N) is 1. The number of carbonyl (C=O) groups is 6. The summed E-state index contributed by atoms with van der Waals surface area (Å²) < 4.78 is 5.75. The summed E-state index contributed by atoms with van der Waals surface area (Å²) in [6.45, 7) is 7.75. The van der Waals surface area contributed by atoms with E-state index >= 15 is 0 Å². The molecular weight excluding hydrogens is 532 g/mol. The van der Waals surface area contributed by atoms with Gasteiger partial charge in [0.05, 0.1) is 18.5 Å². The molecule has 0 aromatic heterocycles. The van der Waals surface area contributed by atoms with Gasteiger partial charge in [0.25, 0.3) is 5.91 Å². The summed E-state index contributed by atoms with van der Waals surface area (Å²) in [5.74, 6) is -2.94. The summed E-state index contributed by atoms with van der Waals surface area (Å²) in [4.78, 5) is 79.0. The molecule has 1 fully saturated rings. The number of nitrogens with one attached hydrogen (secondary N) is 5. The van der Waals surface area contributed by atoms with Crippen LogP contribution >= 0.6 is 0 Å². The molecule has 1 aromatic rings. The fourth-order valence-corrected chi connectivity index (χ4v) is 4.55. The third kappa shape index (κ3) is 8.66. The maximum absolute atomic E-state index is 13.3. The van der Waals surface area contributed by atoms with Crippen LogP contribution in [-0.4, -0.2) is 90.8 Å². The van der Waals surface area contributed by atoms with Crippen molar-refractivity contribution >= 4 is 35.4 Å². The van der Waals surface area contributed by atoms with Crippen LogP contribution < -0.4 is 31.3 Å². The number of amides is 6. The predicted molar refractivity (Wildman–Crippen MR) is 149 cm³/mol. The Morgan fingerprint density at radius 1 is 1.12 bits per heavy atom. The summed E-state index contributed by atoms with van der Waals surface area (Å²) in [7, 11) is 0. The molecule has 0 radical (unpaired) electrons. The highest BCUT2D eigenvalue weighted by Crippen LogP contribution is 2.18. The van der Waals surface area contributed by atoms with E-state index in [1.54, 1.807) is 36.9 Å². The highest BCUT2D eigenvalue weighted by atomic mass is 16.5. The first-order chi connectivity index (χ1) is 19.4. The molecule has 0 spiro atoms. The lowest BCUT2D eigenvalue weighted by molar-refractivity contribution is -0.136. The maximum Gasteiger partial charge on any atom is 0.255 e. The number of hydrogen-bond acceptors (Lipinski definition) is 7. The zero-order valence-electron chi connectivity index (χ0n) is 24.0. The van der Waals surface area contributed by atoms with Crippen molar-refractivity contribution in [3.05, 3.63) is 29.8 Å². The molecule has 13 heteroatoms.